The van der Waals surface area contributed by atoms with E-state index < -0.39 is 0 Å². The maximum absolute atomic E-state index is 5.75. The van der Waals surface area contributed by atoms with Crippen molar-refractivity contribution in [1.29, 1.82) is 0 Å². The topological polar surface area (TPSA) is 56.5 Å². The SMILES string of the molecule is COCC(C)(CN)Nc1ccccc1OC. The number of hydrogen-bond donors (Lipinski definition) is 2. The first-order chi connectivity index (χ1) is 7.65. The smallest absolute Gasteiger partial charge is 0.141 e. The van der Waals surface area contributed by atoms with Crippen LogP contribution in [0.4, 0.5) is 5.69 Å². The van der Waals surface area contributed by atoms with Gasteiger partial charge in [-0.15, -0.1) is 0 Å². The van der Waals surface area contributed by atoms with E-state index in [-0.39, 0.29) is 5.54 Å². The number of ether oxygens (including phenoxy) is 2. The Bertz CT molecular complexity index is 331. The molecule has 4 nitrogen and oxygen atoms in total. The van der Waals surface area contributed by atoms with E-state index in [0.717, 1.165) is 11.4 Å². The molecule has 3 N–H and O–H groups in total. The van der Waals surface area contributed by atoms with Gasteiger partial charge in [0.15, 0.2) is 0 Å². The van der Waals surface area contributed by atoms with Crippen LogP contribution in [0, 0.1) is 0 Å². The molecule has 1 rings (SSSR count). The molecule has 0 aromatic heterocycles. The monoisotopic (exact) mass is 224 g/mol. The van der Waals surface area contributed by atoms with Crippen LogP contribution in [0.1, 0.15) is 6.92 Å². The largest absolute Gasteiger partial charge is 0.495 e. The standard InChI is InChI=1S/C12H20N2O2/c1-12(8-13,9-15-2)14-10-6-4-5-7-11(10)16-3/h4-7,14H,8-9,13H2,1-3H3. The Kier molecular flexibility index (Phi) is 4.58. The highest BCUT2D eigenvalue weighted by molar-refractivity contribution is 5.57. The number of nitrogens with two attached hydrogens (primary N) is 1. The molecule has 1 aromatic carbocycles. The summed E-state index contributed by atoms with van der Waals surface area (Å²) >= 11 is 0. The van der Waals surface area contributed by atoms with E-state index in [1.807, 2.05) is 31.2 Å². The normalized spacial score (nSPS) is 14.2. The fourth-order valence-electron chi connectivity index (χ4n) is 1.54. The Balaban J connectivity index is 2.85. The van der Waals surface area contributed by atoms with Crippen LogP contribution >= 0.6 is 0 Å². The summed E-state index contributed by atoms with van der Waals surface area (Å²) in [6.07, 6.45) is 0. The minimum absolute atomic E-state index is 0.288. The molecule has 1 atom stereocenters. The number of anilines is 1. The van der Waals surface area contributed by atoms with E-state index in [0.29, 0.717) is 13.2 Å². The number of nitrogens with one attached hydrogen (secondary N) is 1. The predicted octanol–water partition coefficient (Wildman–Crippen LogP) is 1.47. The molecule has 0 bridgehead atoms. The molecule has 0 fully saturated rings. The fourth-order valence-corrected chi connectivity index (χ4v) is 1.54. The van der Waals surface area contributed by atoms with Crippen LogP contribution in [0.2, 0.25) is 0 Å². The molecule has 4 heteroatoms. The lowest BCUT2D eigenvalue weighted by Gasteiger charge is -2.30. The zero-order chi connectivity index (χ0) is 12.0. The van der Waals surface area contributed by atoms with E-state index in [1.54, 1.807) is 14.2 Å². The lowest BCUT2D eigenvalue weighted by Crippen LogP contribution is -2.46. The van der Waals surface area contributed by atoms with Crippen LogP contribution in [0.15, 0.2) is 24.3 Å². The van der Waals surface area contributed by atoms with E-state index in [4.69, 9.17) is 15.2 Å². The van der Waals surface area contributed by atoms with Gasteiger partial charge in [0.1, 0.15) is 5.75 Å². The second-order valence-corrected chi connectivity index (χ2v) is 4.02. The van der Waals surface area contributed by atoms with Gasteiger partial charge < -0.3 is 20.5 Å². The molecule has 0 spiro atoms. The van der Waals surface area contributed by atoms with Crippen molar-refractivity contribution < 1.29 is 9.47 Å². The average molecular weight is 224 g/mol. The van der Waals surface area contributed by atoms with Crippen molar-refractivity contribution in [3.63, 3.8) is 0 Å². The van der Waals surface area contributed by atoms with Crippen LogP contribution in [-0.2, 0) is 4.74 Å². The number of benzene rings is 1. The van der Waals surface area contributed by atoms with E-state index in [9.17, 15) is 0 Å². The third-order valence-electron chi connectivity index (χ3n) is 2.46. The first kappa shape index (κ1) is 12.8. The number of hydrogen-bond acceptors (Lipinski definition) is 4. The summed E-state index contributed by atoms with van der Waals surface area (Å²) in [5.74, 6) is 0.804. The maximum Gasteiger partial charge on any atom is 0.141 e. The Morgan fingerprint density at radius 2 is 2.00 bits per heavy atom. The quantitative estimate of drug-likeness (QED) is 0.768. The molecule has 0 aliphatic rings. The van der Waals surface area contributed by atoms with Crippen LogP contribution in [0.5, 0.6) is 5.75 Å². The highest BCUT2D eigenvalue weighted by Gasteiger charge is 2.23. The molecular formula is C12H20N2O2. The molecule has 0 saturated carbocycles. The minimum atomic E-state index is -0.288. The van der Waals surface area contributed by atoms with Crippen molar-refractivity contribution in [2.75, 3.05) is 32.7 Å². The third-order valence-corrected chi connectivity index (χ3v) is 2.46. The minimum Gasteiger partial charge on any atom is -0.495 e. The first-order valence-electron chi connectivity index (χ1n) is 5.25. The number of methoxy groups -OCH3 is 2. The highest BCUT2D eigenvalue weighted by Crippen LogP contribution is 2.26. The molecule has 1 aromatic rings. The highest BCUT2D eigenvalue weighted by atomic mass is 16.5. The maximum atomic E-state index is 5.75. The van der Waals surface area contributed by atoms with Crippen molar-refractivity contribution in [3.05, 3.63) is 24.3 Å². The summed E-state index contributed by atoms with van der Waals surface area (Å²) in [5.41, 5.74) is 6.39. The molecule has 0 aliphatic carbocycles. The Hall–Kier alpha value is -1.26. The Labute approximate surface area is 96.7 Å². The summed E-state index contributed by atoms with van der Waals surface area (Å²) in [7, 11) is 3.31. The molecule has 16 heavy (non-hydrogen) atoms. The van der Waals surface area contributed by atoms with Gasteiger partial charge in [-0.25, -0.2) is 0 Å². The van der Waals surface area contributed by atoms with Gasteiger partial charge in [-0.2, -0.15) is 0 Å². The van der Waals surface area contributed by atoms with Crippen molar-refractivity contribution in [2.45, 2.75) is 12.5 Å². The molecule has 0 amide bonds. The molecule has 0 radical (unpaired) electrons. The Morgan fingerprint density at radius 1 is 1.31 bits per heavy atom. The summed E-state index contributed by atoms with van der Waals surface area (Å²) < 4.78 is 10.4. The third kappa shape index (κ3) is 3.12. The second-order valence-electron chi connectivity index (χ2n) is 4.02. The molecule has 0 aliphatic heterocycles. The zero-order valence-electron chi connectivity index (χ0n) is 10.1. The summed E-state index contributed by atoms with van der Waals surface area (Å²) in [4.78, 5) is 0. The Morgan fingerprint density at radius 3 is 2.56 bits per heavy atom. The van der Waals surface area contributed by atoms with Gasteiger partial charge in [-0.05, 0) is 19.1 Å². The van der Waals surface area contributed by atoms with Gasteiger partial charge in [0.05, 0.1) is 24.9 Å². The van der Waals surface area contributed by atoms with Crippen LogP contribution < -0.4 is 15.8 Å². The van der Waals surface area contributed by atoms with Crippen molar-refractivity contribution >= 4 is 5.69 Å². The van der Waals surface area contributed by atoms with Crippen molar-refractivity contribution in [3.8, 4) is 5.75 Å². The van der Waals surface area contributed by atoms with Crippen LogP contribution in [0.3, 0.4) is 0 Å². The molecule has 0 saturated heterocycles. The molecule has 1 unspecified atom stereocenters. The van der Waals surface area contributed by atoms with Crippen LogP contribution in [0.25, 0.3) is 0 Å². The predicted molar refractivity (Wildman–Crippen MR) is 66.0 cm³/mol. The lowest BCUT2D eigenvalue weighted by molar-refractivity contribution is 0.153. The van der Waals surface area contributed by atoms with Gasteiger partial charge in [-0.1, -0.05) is 12.1 Å². The van der Waals surface area contributed by atoms with E-state index in [2.05, 4.69) is 5.32 Å². The van der Waals surface area contributed by atoms with Crippen molar-refractivity contribution in [1.82, 2.24) is 0 Å². The van der Waals surface area contributed by atoms with Gasteiger partial charge in [-0.3, -0.25) is 0 Å². The summed E-state index contributed by atoms with van der Waals surface area (Å²) in [6, 6.07) is 7.75. The number of rotatable bonds is 6. The molecule has 0 heterocycles. The first-order valence-corrected chi connectivity index (χ1v) is 5.25. The van der Waals surface area contributed by atoms with Crippen molar-refractivity contribution in [2.24, 2.45) is 5.73 Å². The summed E-state index contributed by atoms with van der Waals surface area (Å²) in [6.45, 7) is 3.05. The van der Waals surface area contributed by atoms with E-state index in [1.165, 1.54) is 0 Å². The fraction of sp³-hybridized carbons (Fsp3) is 0.500. The van der Waals surface area contributed by atoms with E-state index >= 15 is 0 Å². The average Bonchev–Trinajstić information content (AvgIpc) is 2.30. The van der Waals surface area contributed by atoms with Gasteiger partial charge >= 0.3 is 0 Å². The lowest BCUT2D eigenvalue weighted by atomic mass is 10.0. The number of para-hydroxylation sites is 2. The second kappa shape index (κ2) is 5.72. The van der Waals surface area contributed by atoms with Gasteiger partial charge in [0.25, 0.3) is 0 Å². The van der Waals surface area contributed by atoms with Gasteiger partial charge in [0.2, 0.25) is 0 Å². The zero-order valence-corrected chi connectivity index (χ0v) is 10.1. The molecule has 90 valence electrons. The van der Waals surface area contributed by atoms with Gasteiger partial charge in [0, 0.05) is 13.7 Å². The summed E-state index contributed by atoms with van der Waals surface area (Å²) in [5, 5.41) is 3.35. The van der Waals surface area contributed by atoms with Crippen LogP contribution in [-0.4, -0.2) is 32.9 Å². The molecular weight excluding hydrogens is 204 g/mol.